The summed E-state index contributed by atoms with van der Waals surface area (Å²) in [7, 11) is 1.70. The van der Waals surface area contributed by atoms with Gasteiger partial charge < -0.3 is 9.14 Å². The molecule has 0 aliphatic heterocycles. The summed E-state index contributed by atoms with van der Waals surface area (Å²) in [6, 6.07) is 17.3. The van der Waals surface area contributed by atoms with Gasteiger partial charge in [0.25, 0.3) is 0 Å². The van der Waals surface area contributed by atoms with Crippen molar-refractivity contribution in [2.45, 2.75) is 13.3 Å². The first-order chi connectivity index (χ1) is 10.7. The van der Waals surface area contributed by atoms with E-state index in [0.29, 0.717) is 0 Å². The second-order valence-electron chi connectivity index (χ2n) is 5.63. The Morgan fingerprint density at radius 1 is 1.05 bits per heavy atom. The summed E-state index contributed by atoms with van der Waals surface area (Å²) in [6.07, 6.45) is 0.932. The molecule has 0 amide bonds. The summed E-state index contributed by atoms with van der Waals surface area (Å²) in [4.78, 5) is 1.31. The molecule has 0 saturated heterocycles. The van der Waals surface area contributed by atoms with Crippen molar-refractivity contribution in [3.8, 4) is 5.75 Å². The van der Waals surface area contributed by atoms with Gasteiger partial charge in [0, 0.05) is 22.9 Å². The molecule has 4 aromatic rings. The van der Waals surface area contributed by atoms with E-state index < -0.39 is 0 Å². The fourth-order valence-corrected chi connectivity index (χ4v) is 3.91. The van der Waals surface area contributed by atoms with Gasteiger partial charge in [-0.2, -0.15) is 0 Å². The van der Waals surface area contributed by atoms with Gasteiger partial charge >= 0.3 is 0 Å². The second kappa shape index (κ2) is 5.18. The number of nitrogens with zero attached hydrogens (tertiary/aromatic N) is 1. The molecule has 0 fully saturated rings. The van der Waals surface area contributed by atoms with Gasteiger partial charge in [-0.05, 0) is 42.8 Å². The maximum Gasteiger partial charge on any atom is 0.118 e. The van der Waals surface area contributed by atoms with Gasteiger partial charge in [0.15, 0.2) is 0 Å². The molecule has 0 atom stereocenters. The van der Waals surface area contributed by atoms with Gasteiger partial charge in [-0.3, -0.25) is 0 Å². The molecule has 22 heavy (non-hydrogen) atoms. The van der Waals surface area contributed by atoms with Gasteiger partial charge in [0.2, 0.25) is 0 Å². The monoisotopic (exact) mass is 307 g/mol. The molecule has 4 rings (SSSR count). The van der Waals surface area contributed by atoms with Crippen LogP contribution in [0.4, 0.5) is 0 Å². The van der Waals surface area contributed by atoms with Gasteiger partial charge in [-0.1, -0.05) is 23.8 Å². The summed E-state index contributed by atoms with van der Waals surface area (Å²) in [5.41, 5.74) is 5.24. The number of methoxy groups -OCH3 is 1. The highest BCUT2D eigenvalue weighted by molar-refractivity contribution is 7.15. The third kappa shape index (κ3) is 2.18. The molecule has 0 N–H and O–H groups in total. The lowest BCUT2D eigenvalue weighted by atomic mass is 10.1. The number of fused-ring (bicyclic) bond motifs is 3. The first-order valence-electron chi connectivity index (χ1n) is 7.36. The standard InChI is InChI=1S/C19H17NOS/c1-13-3-8-18-15(9-13)11-19-20(18)16(12-22-19)10-14-4-6-17(21-2)7-5-14/h3-9,11-12H,10H2,1-2H3. The van der Waals surface area contributed by atoms with E-state index in [1.165, 1.54) is 32.6 Å². The molecule has 0 spiro atoms. The van der Waals surface area contributed by atoms with Crippen LogP contribution < -0.4 is 4.74 Å². The Hall–Kier alpha value is -2.26. The normalized spacial score (nSPS) is 11.4. The molecule has 0 bridgehead atoms. The molecule has 3 heteroatoms. The zero-order valence-electron chi connectivity index (χ0n) is 12.7. The average Bonchev–Trinajstić information content (AvgIpc) is 3.07. The second-order valence-corrected chi connectivity index (χ2v) is 6.52. The van der Waals surface area contributed by atoms with Crippen LogP contribution in [0.25, 0.3) is 15.7 Å². The summed E-state index contributed by atoms with van der Waals surface area (Å²) < 4.78 is 7.61. The van der Waals surface area contributed by atoms with E-state index >= 15 is 0 Å². The fourth-order valence-electron chi connectivity index (χ4n) is 2.95. The number of rotatable bonds is 3. The lowest BCUT2D eigenvalue weighted by Gasteiger charge is -2.04. The summed E-state index contributed by atoms with van der Waals surface area (Å²) in [6.45, 7) is 2.14. The Morgan fingerprint density at radius 2 is 1.86 bits per heavy atom. The van der Waals surface area contributed by atoms with Gasteiger partial charge in [-0.25, -0.2) is 0 Å². The topological polar surface area (TPSA) is 13.6 Å². The molecule has 2 aromatic carbocycles. The molecule has 110 valence electrons. The average molecular weight is 307 g/mol. The van der Waals surface area contributed by atoms with Crippen LogP contribution in [0.1, 0.15) is 16.8 Å². The van der Waals surface area contributed by atoms with Crippen molar-refractivity contribution >= 4 is 27.1 Å². The van der Waals surface area contributed by atoms with Crippen LogP contribution in [0, 0.1) is 6.92 Å². The quantitative estimate of drug-likeness (QED) is 0.516. The zero-order chi connectivity index (χ0) is 15.1. The van der Waals surface area contributed by atoms with E-state index in [1.54, 1.807) is 7.11 Å². The predicted molar refractivity (Wildman–Crippen MR) is 93.3 cm³/mol. The van der Waals surface area contributed by atoms with E-state index in [1.807, 2.05) is 23.5 Å². The third-order valence-electron chi connectivity index (χ3n) is 4.07. The van der Waals surface area contributed by atoms with Crippen LogP contribution >= 0.6 is 11.3 Å². The summed E-state index contributed by atoms with van der Waals surface area (Å²) in [5.74, 6) is 0.904. The lowest BCUT2D eigenvalue weighted by molar-refractivity contribution is 0.414. The maximum absolute atomic E-state index is 5.23. The van der Waals surface area contributed by atoms with Gasteiger partial charge in [0.05, 0.1) is 12.6 Å². The predicted octanol–water partition coefficient (Wildman–Crippen LogP) is 5.06. The number of ether oxygens (including phenoxy) is 1. The van der Waals surface area contributed by atoms with Crippen LogP contribution in [-0.2, 0) is 6.42 Å². The zero-order valence-corrected chi connectivity index (χ0v) is 13.5. The maximum atomic E-state index is 5.23. The van der Waals surface area contributed by atoms with E-state index in [4.69, 9.17) is 4.74 Å². The van der Waals surface area contributed by atoms with Gasteiger partial charge in [-0.15, -0.1) is 11.3 Å². The smallest absolute Gasteiger partial charge is 0.118 e. The Bertz CT molecular complexity index is 947. The van der Waals surface area contributed by atoms with Crippen LogP contribution in [0.2, 0.25) is 0 Å². The van der Waals surface area contributed by atoms with E-state index in [9.17, 15) is 0 Å². The Labute approximate surface area is 133 Å². The highest BCUT2D eigenvalue weighted by Gasteiger charge is 2.09. The van der Waals surface area contributed by atoms with Crippen molar-refractivity contribution in [3.63, 3.8) is 0 Å². The van der Waals surface area contributed by atoms with Crippen LogP contribution in [0.15, 0.2) is 53.9 Å². The number of benzene rings is 2. The highest BCUT2D eigenvalue weighted by atomic mass is 32.1. The molecule has 2 nitrogen and oxygen atoms in total. The molecular formula is C19H17NOS. The van der Waals surface area contributed by atoms with E-state index in [-0.39, 0.29) is 0 Å². The largest absolute Gasteiger partial charge is 0.497 e. The van der Waals surface area contributed by atoms with Crippen molar-refractivity contribution in [3.05, 3.63) is 70.7 Å². The molecule has 0 aliphatic carbocycles. The first-order valence-corrected chi connectivity index (χ1v) is 8.24. The number of aromatic nitrogens is 1. The Balaban J connectivity index is 1.79. The molecular weight excluding hydrogens is 290 g/mol. The SMILES string of the molecule is COc1ccc(Cc2csc3cc4cc(C)ccc4n23)cc1. The molecule has 0 aliphatic rings. The minimum absolute atomic E-state index is 0.904. The Kier molecular flexibility index (Phi) is 3.16. The minimum atomic E-state index is 0.904. The van der Waals surface area contributed by atoms with Crippen molar-refractivity contribution < 1.29 is 4.74 Å². The lowest BCUT2D eigenvalue weighted by Crippen LogP contribution is -1.93. The molecule has 2 aromatic heterocycles. The van der Waals surface area contributed by atoms with E-state index in [0.717, 1.165) is 12.2 Å². The van der Waals surface area contributed by atoms with Crippen molar-refractivity contribution in [2.75, 3.05) is 7.11 Å². The Morgan fingerprint density at radius 3 is 2.64 bits per heavy atom. The third-order valence-corrected chi connectivity index (χ3v) is 5.00. The molecule has 0 saturated carbocycles. The highest BCUT2D eigenvalue weighted by Crippen LogP contribution is 2.28. The molecule has 0 unspecified atom stereocenters. The number of thiazole rings is 1. The van der Waals surface area contributed by atoms with Crippen molar-refractivity contribution in [1.82, 2.24) is 4.40 Å². The summed E-state index contributed by atoms with van der Waals surface area (Å²) in [5, 5.41) is 3.58. The fraction of sp³-hybridized carbons (Fsp3) is 0.158. The summed E-state index contributed by atoms with van der Waals surface area (Å²) >= 11 is 1.81. The minimum Gasteiger partial charge on any atom is -0.497 e. The van der Waals surface area contributed by atoms with Crippen LogP contribution in [0.3, 0.4) is 0 Å². The van der Waals surface area contributed by atoms with Crippen molar-refractivity contribution in [1.29, 1.82) is 0 Å². The van der Waals surface area contributed by atoms with Crippen LogP contribution in [-0.4, -0.2) is 11.5 Å². The van der Waals surface area contributed by atoms with Crippen molar-refractivity contribution in [2.24, 2.45) is 0 Å². The van der Waals surface area contributed by atoms with Crippen LogP contribution in [0.5, 0.6) is 5.75 Å². The molecule has 2 heterocycles. The van der Waals surface area contributed by atoms with Gasteiger partial charge in [0.1, 0.15) is 10.6 Å². The first kappa shape index (κ1) is 13.4. The number of aryl methyl sites for hydroxylation is 1. The van der Waals surface area contributed by atoms with E-state index in [2.05, 4.69) is 53.1 Å². The number of hydrogen-bond acceptors (Lipinski definition) is 2. The molecule has 0 radical (unpaired) electrons. The number of hydrogen-bond donors (Lipinski definition) is 0.